The molecule has 19 heavy (non-hydrogen) atoms. The van der Waals surface area contributed by atoms with Crippen LogP contribution >= 0.6 is 0 Å². The summed E-state index contributed by atoms with van der Waals surface area (Å²) in [5.41, 5.74) is -1.78. The van der Waals surface area contributed by atoms with Crippen molar-refractivity contribution in [2.75, 3.05) is 13.1 Å². The van der Waals surface area contributed by atoms with Gasteiger partial charge in [0.05, 0.1) is 11.0 Å². The maximum Gasteiger partial charge on any atom is 0.416 e. The summed E-state index contributed by atoms with van der Waals surface area (Å²) in [6.07, 6.45) is -3.87. The summed E-state index contributed by atoms with van der Waals surface area (Å²) in [5.74, 6) is -1.06. The summed E-state index contributed by atoms with van der Waals surface area (Å²) in [5, 5.41) is 12.5. The van der Waals surface area contributed by atoms with E-state index in [1.54, 1.807) is 0 Å². The first-order valence-electron chi connectivity index (χ1n) is 5.98. The lowest BCUT2D eigenvalue weighted by molar-refractivity contribution is -0.145. The Morgan fingerprint density at radius 3 is 2.42 bits per heavy atom. The maximum atomic E-state index is 12.7. The smallest absolute Gasteiger partial charge is 0.416 e. The minimum absolute atomic E-state index is 0.233. The van der Waals surface area contributed by atoms with Crippen LogP contribution in [0.4, 0.5) is 13.2 Å². The number of aliphatic carboxylic acids is 1. The van der Waals surface area contributed by atoms with Gasteiger partial charge in [-0.2, -0.15) is 13.2 Å². The van der Waals surface area contributed by atoms with Crippen LogP contribution in [-0.2, 0) is 16.4 Å². The highest BCUT2D eigenvalue weighted by Crippen LogP contribution is 2.37. The molecule has 104 valence electrons. The highest BCUT2D eigenvalue weighted by atomic mass is 19.4. The zero-order chi connectivity index (χ0) is 14.1. The molecule has 0 radical (unpaired) electrons. The number of halogens is 3. The van der Waals surface area contributed by atoms with Crippen molar-refractivity contribution in [3.8, 4) is 0 Å². The fraction of sp³-hybridized carbons (Fsp3) is 0.462. The topological polar surface area (TPSA) is 49.3 Å². The average molecular weight is 273 g/mol. The molecule has 1 aliphatic heterocycles. The summed E-state index contributed by atoms with van der Waals surface area (Å²) < 4.78 is 38.1. The van der Waals surface area contributed by atoms with Gasteiger partial charge in [0.15, 0.2) is 0 Å². The van der Waals surface area contributed by atoms with Crippen LogP contribution in [-0.4, -0.2) is 24.2 Å². The summed E-state index contributed by atoms with van der Waals surface area (Å²) in [6, 6.07) is 4.65. The van der Waals surface area contributed by atoms with Crippen LogP contribution in [0.3, 0.4) is 0 Å². The SMILES string of the molecule is O=C(O)C1(c2cccc(C(F)(F)F)c2)CCNCC1. The number of carbonyl (C=O) groups is 1. The van der Waals surface area contributed by atoms with E-state index in [0.29, 0.717) is 25.9 Å². The lowest BCUT2D eigenvalue weighted by Gasteiger charge is -2.34. The predicted octanol–water partition coefficient (Wildman–Crippen LogP) is 2.41. The first-order chi connectivity index (χ1) is 8.86. The maximum absolute atomic E-state index is 12.7. The Hall–Kier alpha value is -1.56. The molecular weight excluding hydrogens is 259 g/mol. The Morgan fingerprint density at radius 2 is 1.89 bits per heavy atom. The molecule has 3 nitrogen and oxygen atoms in total. The van der Waals surface area contributed by atoms with Gasteiger partial charge in [-0.3, -0.25) is 4.79 Å². The molecule has 1 aliphatic rings. The standard InChI is InChI=1S/C13H14F3NO2/c14-13(15,16)10-3-1-2-9(8-10)12(11(18)19)4-6-17-7-5-12/h1-3,8,17H,4-7H2,(H,18,19). The van der Waals surface area contributed by atoms with Crippen molar-refractivity contribution in [3.63, 3.8) is 0 Å². The van der Waals surface area contributed by atoms with Crippen LogP contribution in [0.2, 0.25) is 0 Å². The average Bonchev–Trinajstić information content (AvgIpc) is 2.38. The van der Waals surface area contributed by atoms with Gasteiger partial charge in [0.25, 0.3) is 0 Å². The van der Waals surface area contributed by atoms with Crippen molar-refractivity contribution in [1.29, 1.82) is 0 Å². The van der Waals surface area contributed by atoms with Crippen LogP contribution in [0.15, 0.2) is 24.3 Å². The molecule has 1 fully saturated rings. The Morgan fingerprint density at radius 1 is 1.26 bits per heavy atom. The van der Waals surface area contributed by atoms with Gasteiger partial charge in [-0.1, -0.05) is 18.2 Å². The number of carboxylic acid groups (broad SMARTS) is 1. The number of carboxylic acids is 1. The van der Waals surface area contributed by atoms with Crippen LogP contribution < -0.4 is 5.32 Å². The zero-order valence-corrected chi connectivity index (χ0v) is 10.1. The van der Waals surface area contributed by atoms with Gasteiger partial charge >= 0.3 is 12.1 Å². The van der Waals surface area contributed by atoms with Gasteiger partial charge in [0.1, 0.15) is 0 Å². The Balaban J connectivity index is 2.46. The van der Waals surface area contributed by atoms with Crippen molar-refractivity contribution >= 4 is 5.97 Å². The minimum atomic E-state index is -4.46. The first kappa shape index (κ1) is 13.9. The molecule has 0 aliphatic carbocycles. The molecule has 0 amide bonds. The third kappa shape index (κ3) is 2.58. The van der Waals surface area contributed by atoms with E-state index in [1.165, 1.54) is 12.1 Å². The molecule has 2 N–H and O–H groups in total. The van der Waals surface area contributed by atoms with Gasteiger partial charge < -0.3 is 10.4 Å². The van der Waals surface area contributed by atoms with Gasteiger partial charge in [-0.05, 0) is 37.6 Å². The van der Waals surface area contributed by atoms with Crippen molar-refractivity contribution in [2.24, 2.45) is 0 Å². The van der Waals surface area contributed by atoms with Gasteiger partial charge in [-0.25, -0.2) is 0 Å². The third-order valence-electron chi connectivity index (χ3n) is 3.61. The van der Waals surface area contributed by atoms with E-state index in [2.05, 4.69) is 5.32 Å². The first-order valence-corrected chi connectivity index (χ1v) is 5.98. The van der Waals surface area contributed by atoms with E-state index in [4.69, 9.17) is 0 Å². The molecule has 0 saturated carbocycles. The third-order valence-corrected chi connectivity index (χ3v) is 3.61. The van der Waals surface area contributed by atoms with Crippen molar-refractivity contribution < 1.29 is 23.1 Å². The predicted molar refractivity (Wildman–Crippen MR) is 62.9 cm³/mol. The van der Waals surface area contributed by atoms with Crippen molar-refractivity contribution in [1.82, 2.24) is 5.32 Å². The van der Waals surface area contributed by atoms with Crippen LogP contribution in [0.1, 0.15) is 24.0 Å². The van der Waals surface area contributed by atoms with Crippen molar-refractivity contribution in [3.05, 3.63) is 35.4 Å². The minimum Gasteiger partial charge on any atom is -0.481 e. The Bertz CT molecular complexity index is 479. The molecule has 1 aromatic rings. The fourth-order valence-electron chi connectivity index (χ4n) is 2.47. The molecule has 0 aromatic heterocycles. The molecule has 6 heteroatoms. The van der Waals surface area contributed by atoms with E-state index in [-0.39, 0.29) is 5.56 Å². The fourth-order valence-corrected chi connectivity index (χ4v) is 2.47. The van der Waals surface area contributed by atoms with Crippen LogP contribution in [0, 0.1) is 0 Å². The number of rotatable bonds is 2. The summed E-state index contributed by atoms with van der Waals surface area (Å²) in [4.78, 5) is 11.5. The number of piperidine rings is 1. The van der Waals surface area contributed by atoms with Gasteiger partial charge in [0, 0.05) is 0 Å². The summed E-state index contributed by atoms with van der Waals surface area (Å²) >= 11 is 0. The largest absolute Gasteiger partial charge is 0.481 e. The van der Waals surface area contributed by atoms with E-state index < -0.39 is 23.1 Å². The summed E-state index contributed by atoms with van der Waals surface area (Å²) in [6.45, 7) is 0.977. The van der Waals surface area contributed by atoms with Gasteiger partial charge in [-0.15, -0.1) is 0 Å². The lowest BCUT2D eigenvalue weighted by Crippen LogP contribution is -2.45. The summed E-state index contributed by atoms with van der Waals surface area (Å²) in [7, 11) is 0. The van der Waals surface area contributed by atoms with E-state index in [0.717, 1.165) is 12.1 Å². The number of benzene rings is 1. The Kier molecular flexibility index (Phi) is 3.54. The highest BCUT2D eigenvalue weighted by molar-refractivity contribution is 5.81. The van der Waals surface area contributed by atoms with E-state index in [1.807, 2.05) is 0 Å². The quantitative estimate of drug-likeness (QED) is 0.870. The molecule has 0 bridgehead atoms. The molecule has 1 heterocycles. The second kappa shape index (κ2) is 4.85. The number of nitrogens with one attached hydrogen (secondary N) is 1. The van der Waals surface area contributed by atoms with Crippen LogP contribution in [0.25, 0.3) is 0 Å². The normalized spacial score (nSPS) is 19.1. The van der Waals surface area contributed by atoms with E-state index in [9.17, 15) is 23.1 Å². The van der Waals surface area contributed by atoms with Crippen molar-refractivity contribution in [2.45, 2.75) is 24.4 Å². The molecule has 1 saturated heterocycles. The zero-order valence-electron chi connectivity index (χ0n) is 10.1. The van der Waals surface area contributed by atoms with Crippen LogP contribution in [0.5, 0.6) is 0 Å². The Labute approximate surface area is 108 Å². The monoisotopic (exact) mass is 273 g/mol. The molecule has 0 atom stereocenters. The number of alkyl halides is 3. The lowest BCUT2D eigenvalue weighted by atomic mass is 9.73. The van der Waals surface area contributed by atoms with Gasteiger partial charge in [0.2, 0.25) is 0 Å². The number of hydrogen-bond acceptors (Lipinski definition) is 2. The molecule has 0 spiro atoms. The molecular formula is C13H14F3NO2. The molecule has 1 aromatic carbocycles. The molecule has 2 rings (SSSR count). The number of hydrogen-bond donors (Lipinski definition) is 2. The second-order valence-corrected chi connectivity index (χ2v) is 4.72. The molecule has 0 unspecified atom stereocenters. The second-order valence-electron chi connectivity index (χ2n) is 4.72. The highest BCUT2D eigenvalue weighted by Gasteiger charge is 2.42. The van der Waals surface area contributed by atoms with E-state index >= 15 is 0 Å².